The van der Waals surface area contributed by atoms with E-state index in [9.17, 15) is 13.2 Å². The Morgan fingerprint density at radius 2 is 1.89 bits per heavy atom. The zero-order valence-corrected chi connectivity index (χ0v) is 12.3. The van der Waals surface area contributed by atoms with Crippen LogP contribution in [-0.2, 0) is 10.0 Å². The maximum absolute atomic E-state index is 11.9. The topological polar surface area (TPSA) is 83.5 Å². The highest BCUT2D eigenvalue weighted by Crippen LogP contribution is 2.24. The molecule has 1 aromatic rings. The molecular formula is C13H19NO4S. The van der Waals surface area contributed by atoms with Crippen LogP contribution in [0.4, 0.5) is 5.69 Å². The Bertz CT molecular complexity index is 591. The molecular weight excluding hydrogens is 266 g/mol. The lowest BCUT2D eigenvalue weighted by atomic mass is 10.0. The van der Waals surface area contributed by atoms with E-state index in [0.29, 0.717) is 5.56 Å². The number of aryl methyl sites for hydroxylation is 2. The van der Waals surface area contributed by atoms with Crippen molar-refractivity contribution in [1.82, 2.24) is 0 Å². The quantitative estimate of drug-likeness (QED) is 0.870. The van der Waals surface area contributed by atoms with Gasteiger partial charge in [-0.1, -0.05) is 19.9 Å². The third kappa shape index (κ3) is 4.24. The number of aromatic carboxylic acids is 1. The summed E-state index contributed by atoms with van der Waals surface area (Å²) < 4.78 is 26.2. The largest absolute Gasteiger partial charge is 0.478 e. The van der Waals surface area contributed by atoms with Gasteiger partial charge in [0.2, 0.25) is 10.0 Å². The van der Waals surface area contributed by atoms with Crippen LogP contribution >= 0.6 is 0 Å². The van der Waals surface area contributed by atoms with E-state index < -0.39 is 16.0 Å². The molecule has 0 atom stereocenters. The molecule has 0 unspecified atom stereocenters. The lowest BCUT2D eigenvalue weighted by Gasteiger charge is -2.15. The molecule has 1 aromatic carbocycles. The minimum atomic E-state index is -3.54. The number of hydrogen-bond donors (Lipinski definition) is 2. The van der Waals surface area contributed by atoms with E-state index in [1.54, 1.807) is 33.8 Å². The van der Waals surface area contributed by atoms with Gasteiger partial charge in [-0.3, -0.25) is 4.72 Å². The monoisotopic (exact) mass is 285 g/mol. The van der Waals surface area contributed by atoms with Crippen LogP contribution in [0.1, 0.15) is 35.3 Å². The molecule has 0 spiro atoms. The van der Waals surface area contributed by atoms with E-state index in [1.807, 2.05) is 0 Å². The van der Waals surface area contributed by atoms with Crippen molar-refractivity contribution in [2.75, 3.05) is 10.5 Å². The van der Waals surface area contributed by atoms with Crippen LogP contribution in [0.3, 0.4) is 0 Å². The molecule has 1 rings (SSSR count). The van der Waals surface area contributed by atoms with Gasteiger partial charge in [-0.05, 0) is 37.0 Å². The number of hydrogen-bond acceptors (Lipinski definition) is 3. The van der Waals surface area contributed by atoms with Gasteiger partial charge in [-0.15, -0.1) is 0 Å². The summed E-state index contributed by atoms with van der Waals surface area (Å²) in [4.78, 5) is 11.2. The van der Waals surface area contributed by atoms with Gasteiger partial charge in [0.15, 0.2) is 0 Å². The van der Waals surface area contributed by atoms with Gasteiger partial charge >= 0.3 is 5.97 Å². The van der Waals surface area contributed by atoms with Crippen molar-refractivity contribution in [1.29, 1.82) is 0 Å². The second-order valence-electron chi connectivity index (χ2n) is 5.09. The first-order chi connectivity index (χ1) is 8.62. The standard InChI is InChI=1S/C13H19NO4S/c1-8(2)7-19(17,18)14-12-10(4)5-9(3)6-11(12)13(15)16/h5-6,8,14H,7H2,1-4H3,(H,15,16). The van der Waals surface area contributed by atoms with Gasteiger partial charge in [-0.25, -0.2) is 13.2 Å². The van der Waals surface area contributed by atoms with Crippen molar-refractivity contribution < 1.29 is 18.3 Å². The Morgan fingerprint density at radius 1 is 1.32 bits per heavy atom. The number of rotatable bonds is 5. The molecule has 0 aliphatic heterocycles. The van der Waals surface area contributed by atoms with E-state index in [2.05, 4.69) is 4.72 Å². The molecule has 5 nitrogen and oxygen atoms in total. The highest BCUT2D eigenvalue weighted by molar-refractivity contribution is 7.92. The summed E-state index contributed by atoms with van der Waals surface area (Å²) in [5.74, 6) is -1.22. The minimum Gasteiger partial charge on any atom is -0.478 e. The molecule has 0 amide bonds. The fourth-order valence-corrected chi connectivity index (χ4v) is 3.45. The van der Waals surface area contributed by atoms with Gasteiger partial charge < -0.3 is 5.11 Å². The highest BCUT2D eigenvalue weighted by atomic mass is 32.2. The second-order valence-corrected chi connectivity index (χ2v) is 6.85. The molecule has 0 aromatic heterocycles. The SMILES string of the molecule is Cc1cc(C)c(NS(=O)(=O)CC(C)C)c(C(=O)O)c1. The van der Waals surface area contributed by atoms with Crippen LogP contribution < -0.4 is 4.72 Å². The van der Waals surface area contributed by atoms with Crippen LogP contribution in [0.25, 0.3) is 0 Å². The second kappa shape index (κ2) is 5.61. The van der Waals surface area contributed by atoms with Crippen molar-refractivity contribution in [3.05, 3.63) is 28.8 Å². The Balaban J connectivity index is 3.24. The van der Waals surface area contributed by atoms with Crippen molar-refractivity contribution in [2.24, 2.45) is 5.92 Å². The Labute approximate surface area is 113 Å². The van der Waals surface area contributed by atoms with Gasteiger partial charge in [-0.2, -0.15) is 0 Å². The summed E-state index contributed by atoms with van der Waals surface area (Å²) in [6, 6.07) is 3.21. The van der Waals surface area contributed by atoms with Crippen LogP contribution in [0, 0.1) is 19.8 Å². The fourth-order valence-electron chi connectivity index (χ4n) is 1.91. The Hall–Kier alpha value is -1.56. The molecule has 6 heteroatoms. The third-order valence-electron chi connectivity index (χ3n) is 2.52. The van der Waals surface area contributed by atoms with E-state index in [1.165, 1.54) is 6.07 Å². The van der Waals surface area contributed by atoms with Crippen molar-refractivity contribution in [3.8, 4) is 0 Å². The maximum atomic E-state index is 11.9. The average molecular weight is 285 g/mol. The predicted molar refractivity (Wildman–Crippen MR) is 75.1 cm³/mol. The summed E-state index contributed by atoms with van der Waals surface area (Å²) in [7, 11) is -3.54. The molecule has 0 aliphatic rings. The zero-order chi connectivity index (χ0) is 14.8. The summed E-state index contributed by atoms with van der Waals surface area (Å²) >= 11 is 0. The van der Waals surface area contributed by atoms with Gasteiger partial charge in [0.05, 0.1) is 17.0 Å². The zero-order valence-electron chi connectivity index (χ0n) is 11.5. The molecule has 2 N–H and O–H groups in total. The Morgan fingerprint density at radius 3 is 2.37 bits per heavy atom. The minimum absolute atomic E-state index is 0.0233. The van der Waals surface area contributed by atoms with E-state index in [4.69, 9.17) is 5.11 Å². The average Bonchev–Trinajstić information content (AvgIpc) is 2.19. The van der Waals surface area contributed by atoms with E-state index in [0.717, 1.165) is 5.56 Å². The number of carboxylic acid groups (broad SMARTS) is 1. The van der Waals surface area contributed by atoms with Crippen LogP contribution in [0.15, 0.2) is 12.1 Å². The number of anilines is 1. The first-order valence-electron chi connectivity index (χ1n) is 5.97. The normalized spacial score (nSPS) is 11.6. The fraction of sp³-hybridized carbons (Fsp3) is 0.462. The van der Waals surface area contributed by atoms with Crippen LogP contribution in [-0.4, -0.2) is 25.2 Å². The molecule has 0 heterocycles. The highest BCUT2D eigenvalue weighted by Gasteiger charge is 2.19. The van der Waals surface area contributed by atoms with Gasteiger partial charge in [0, 0.05) is 0 Å². The first kappa shape index (κ1) is 15.5. The molecule has 0 radical (unpaired) electrons. The molecule has 19 heavy (non-hydrogen) atoms. The molecule has 0 saturated carbocycles. The molecule has 0 fully saturated rings. The smallest absolute Gasteiger partial charge is 0.337 e. The number of nitrogens with one attached hydrogen (secondary N) is 1. The maximum Gasteiger partial charge on any atom is 0.337 e. The number of carboxylic acids is 1. The number of carbonyl (C=O) groups is 1. The Kier molecular flexibility index (Phi) is 4.57. The van der Waals surface area contributed by atoms with E-state index >= 15 is 0 Å². The van der Waals surface area contributed by atoms with Crippen molar-refractivity contribution in [3.63, 3.8) is 0 Å². The summed E-state index contributed by atoms with van der Waals surface area (Å²) in [6.07, 6.45) is 0. The van der Waals surface area contributed by atoms with Crippen molar-refractivity contribution >= 4 is 21.7 Å². The van der Waals surface area contributed by atoms with Crippen molar-refractivity contribution in [2.45, 2.75) is 27.7 Å². The molecule has 0 bridgehead atoms. The summed E-state index contributed by atoms with van der Waals surface area (Å²) in [5.41, 5.74) is 1.51. The predicted octanol–water partition coefficient (Wildman–Crippen LogP) is 2.40. The molecule has 0 saturated heterocycles. The lowest BCUT2D eigenvalue weighted by molar-refractivity contribution is 0.0698. The lowest BCUT2D eigenvalue weighted by Crippen LogP contribution is -2.22. The number of sulfonamides is 1. The molecule has 0 aliphatic carbocycles. The van der Waals surface area contributed by atoms with Gasteiger partial charge in [0.25, 0.3) is 0 Å². The summed E-state index contributed by atoms with van der Waals surface area (Å²) in [5, 5.41) is 9.16. The summed E-state index contributed by atoms with van der Waals surface area (Å²) in [6.45, 7) is 7.04. The number of benzene rings is 1. The first-order valence-corrected chi connectivity index (χ1v) is 7.62. The third-order valence-corrected chi connectivity index (χ3v) is 4.14. The van der Waals surface area contributed by atoms with Gasteiger partial charge in [0.1, 0.15) is 0 Å². The van der Waals surface area contributed by atoms with E-state index in [-0.39, 0.29) is 22.9 Å². The molecule has 106 valence electrons. The van der Waals surface area contributed by atoms with Crippen LogP contribution in [0.5, 0.6) is 0 Å². The van der Waals surface area contributed by atoms with Crippen LogP contribution in [0.2, 0.25) is 0 Å².